The van der Waals surface area contributed by atoms with Gasteiger partial charge in [0.2, 0.25) is 0 Å². The lowest BCUT2D eigenvalue weighted by Gasteiger charge is -2.19. The van der Waals surface area contributed by atoms with Crippen LogP contribution in [0, 0.1) is 0 Å². The molecule has 7 heteroatoms. The van der Waals surface area contributed by atoms with Gasteiger partial charge in [-0.15, -0.1) is 0 Å². The van der Waals surface area contributed by atoms with Crippen molar-refractivity contribution in [3.63, 3.8) is 0 Å². The molecule has 1 amide bonds. The zero-order chi connectivity index (χ0) is 17.0. The van der Waals surface area contributed by atoms with Crippen LogP contribution in [-0.4, -0.2) is 11.7 Å². The lowest BCUT2D eigenvalue weighted by Crippen LogP contribution is -2.27. The zero-order valence-electron chi connectivity index (χ0n) is 13.1. The van der Waals surface area contributed by atoms with Crippen LogP contribution in [0.2, 0.25) is 0 Å². The van der Waals surface area contributed by atoms with Crippen molar-refractivity contribution >= 4 is 49.3 Å². The first-order valence-corrected chi connectivity index (χ1v) is 8.59. The van der Waals surface area contributed by atoms with E-state index in [0.29, 0.717) is 16.9 Å². The molecule has 2 rings (SSSR count). The molecular formula is C16H18Br2N2O3. The molecule has 0 saturated carbocycles. The number of anilines is 2. The van der Waals surface area contributed by atoms with Gasteiger partial charge >= 0.3 is 6.09 Å². The van der Waals surface area contributed by atoms with Gasteiger partial charge in [-0.3, -0.25) is 5.32 Å². The lowest BCUT2D eigenvalue weighted by atomic mass is 10.2. The van der Waals surface area contributed by atoms with Gasteiger partial charge in [0.1, 0.15) is 11.4 Å². The van der Waals surface area contributed by atoms with Gasteiger partial charge in [0, 0.05) is 11.4 Å². The Bertz CT molecular complexity index is 656. The van der Waals surface area contributed by atoms with E-state index < -0.39 is 11.7 Å². The van der Waals surface area contributed by atoms with Crippen molar-refractivity contribution in [1.82, 2.24) is 0 Å². The molecule has 0 spiro atoms. The fraction of sp³-hybridized carbons (Fsp3) is 0.312. The summed E-state index contributed by atoms with van der Waals surface area (Å²) in [5.41, 5.74) is 1.08. The lowest BCUT2D eigenvalue weighted by molar-refractivity contribution is 0.0636. The van der Waals surface area contributed by atoms with Crippen LogP contribution in [0.4, 0.5) is 16.2 Å². The highest BCUT2D eigenvalue weighted by molar-refractivity contribution is 9.13. The Balaban J connectivity index is 1.88. The van der Waals surface area contributed by atoms with Gasteiger partial charge in [0.15, 0.2) is 4.67 Å². The largest absolute Gasteiger partial charge is 0.451 e. The normalized spacial score (nSPS) is 11.2. The molecule has 5 nitrogen and oxygen atoms in total. The maximum Gasteiger partial charge on any atom is 0.412 e. The molecule has 0 aliphatic heterocycles. The average molecular weight is 446 g/mol. The van der Waals surface area contributed by atoms with Gasteiger partial charge in [-0.2, -0.15) is 0 Å². The maximum absolute atomic E-state index is 11.7. The van der Waals surface area contributed by atoms with Crippen molar-refractivity contribution in [2.24, 2.45) is 0 Å². The summed E-state index contributed by atoms with van der Waals surface area (Å²) in [7, 11) is 0. The number of benzene rings is 1. The van der Waals surface area contributed by atoms with Crippen LogP contribution < -0.4 is 10.6 Å². The molecule has 2 aromatic rings. The number of amides is 1. The number of ether oxygens (including phenoxy) is 1. The third-order valence-corrected chi connectivity index (χ3v) is 4.40. The summed E-state index contributed by atoms with van der Waals surface area (Å²) in [5, 5.41) is 5.93. The molecule has 1 aromatic carbocycles. The Kier molecular flexibility index (Phi) is 5.75. The molecule has 0 unspecified atom stereocenters. The fourth-order valence-corrected chi connectivity index (χ4v) is 2.42. The minimum atomic E-state index is -0.517. The number of hydrogen-bond donors (Lipinski definition) is 2. The van der Waals surface area contributed by atoms with Crippen molar-refractivity contribution in [3.05, 3.63) is 45.2 Å². The van der Waals surface area contributed by atoms with Crippen molar-refractivity contribution in [2.45, 2.75) is 32.9 Å². The number of carbonyl (C=O) groups is 1. The molecule has 0 atom stereocenters. The summed E-state index contributed by atoms with van der Waals surface area (Å²) < 4.78 is 12.2. The molecule has 0 aliphatic rings. The number of hydrogen-bond acceptors (Lipinski definition) is 4. The topological polar surface area (TPSA) is 63.5 Å². The van der Waals surface area contributed by atoms with Crippen LogP contribution >= 0.6 is 31.9 Å². The Morgan fingerprint density at radius 2 is 1.78 bits per heavy atom. The third-order valence-electron chi connectivity index (χ3n) is 2.69. The Hall–Kier alpha value is -1.47. The van der Waals surface area contributed by atoms with Gasteiger partial charge in [-0.05, 0) is 83.0 Å². The number of furan rings is 1. The summed E-state index contributed by atoms with van der Waals surface area (Å²) >= 11 is 6.68. The highest BCUT2D eigenvalue weighted by Gasteiger charge is 2.16. The minimum Gasteiger partial charge on any atom is -0.451 e. The van der Waals surface area contributed by atoms with Crippen molar-refractivity contribution in [3.8, 4) is 0 Å². The fourth-order valence-electron chi connectivity index (χ4n) is 1.76. The zero-order valence-corrected chi connectivity index (χ0v) is 16.2. The smallest absolute Gasteiger partial charge is 0.412 e. The predicted octanol–water partition coefficient (Wildman–Crippen LogP) is 5.76. The summed E-state index contributed by atoms with van der Waals surface area (Å²) in [5.74, 6) is 0.805. The van der Waals surface area contributed by atoms with E-state index in [1.165, 1.54) is 0 Å². The Morgan fingerprint density at radius 1 is 1.17 bits per heavy atom. The molecule has 0 fully saturated rings. The predicted molar refractivity (Wildman–Crippen MR) is 97.7 cm³/mol. The molecule has 0 bridgehead atoms. The Labute approximate surface area is 152 Å². The summed E-state index contributed by atoms with van der Waals surface area (Å²) in [6.45, 7) is 6.03. The standard InChI is InChI=1S/C16H18Br2N2O3/c1-16(2,3)23-15(21)20-11-6-4-10(5-7-11)19-9-12-8-13(17)14(18)22-12/h4-8,19H,9H2,1-3H3,(H,20,21). The first-order valence-electron chi connectivity index (χ1n) is 7.00. The van der Waals surface area contributed by atoms with E-state index >= 15 is 0 Å². The minimum absolute atomic E-state index is 0.469. The second-order valence-corrected chi connectivity index (χ2v) is 7.47. The van der Waals surface area contributed by atoms with E-state index in [9.17, 15) is 4.79 Å². The second-order valence-electron chi connectivity index (χ2n) is 5.89. The van der Waals surface area contributed by atoms with Crippen LogP contribution in [0.3, 0.4) is 0 Å². The maximum atomic E-state index is 11.7. The first-order chi connectivity index (χ1) is 10.7. The molecule has 0 radical (unpaired) electrons. The average Bonchev–Trinajstić information content (AvgIpc) is 2.75. The second kappa shape index (κ2) is 7.40. The van der Waals surface area contributed by atoms with Crippen LogP contribution in [-0.2, 0) is 11.3 Å². The number of nitrogens with one attached hydrogen (secondary N) is 2. The SMILES string of the molecule is CC(C)(C)OC(=O)Nc1ccc(NCc2cc(Br)c(Br)o2)cc1. The first kappa shape index (κ1) is 17.9. The molecule has 0 aliphatic carbocycles. The van der Waals surface area contributed by atoms with Crippen LogP contribution in [0.5, 0.6) is 0 Å². The number of rotatable bonds is 4. The van der Waals surface area contributed by atoms with E-state index in [-0.39, 0.29) is 0 Å². The number of carbonyl (C=O) groups excluding carboxylic acids is 1. The van der Waals surface area contributed by atoms with Crippen molar-refractivity contribution < 1.29 is 13.9 Å². The van der Waals surface area contributed by atoms with Gasteiger partial charge in [-0.1, -0.05) is 0 Å². The van der Waals surface area contributed by atoms with Gasteiger partial charge in [-0.25, -0.2) is 4.79 Å². The summed E-state index contributed by atoms with van der Waals surface area (Å²) in [6, 6.07) is 9.26. The molecule has 1 heterocycles. The quantitative estimate of drug-likeness (QED) is 0.627. The van der Waals surface area contributed by atoms with E-state index in [2.05, 4.69) is 42.5 Å². The number of halogens is 2. The molecule has 1 aromatic heterocycles. The summed E-state index contributed by atoms with van der Waals surface area (Å²) in [6.07, 6.45) is -0.469. The van der Waals surface area contributed by atoms with Crippen molar-refractivity contribution in [2.75, 3.05) is 10.6 Å². The van der Waals surface area contributed by atoms with Gasteiger partial charge in [0.05, 0.1) is 11.0 Å². The van der Waals surface area contributed by atoms with Crippen LogP contribution in [0.25, 0.3) is 0 Å². The van der Waals surface area contributed by atoms with Gasteiger partial charge < -0.3 is 14.5 Å². The van der Waals surface area contributed by atoms with E-state index in [1.54, 1.807) is 12.1 Å². The molecule has 0 saturated heterocycles. The van der Waals surface area contributed by atoms with E-state index in [4.69, 9.17) is 9.15 Å². The molecule has 23 heavy (non-hydrogen) atoms. The van der Waals surface area contributed by atoms with Crippen LogP contribution in [0.1, 0.15) is 26.5 Å². The molecular weight excluding hydrogens is 428 g/mol. The van der Waals surface area contributed by atoms with Gasteiger partial charge in [0.25, 0.3) is 0 Å². The molecule has 124 valence electrons. The molecule has 2 N–H and O–H groups in total. The highest BCUT2D eigenvalue weighted by atomic mass is 79.9. The van der Waals surface area contributed by atoms with Crippen molar-refractivity contribution in [1.29, 1.82) is 0 Å². The monoisotopic (exact) mass is 444 g/mol. The highest BCUT2D eigenvalue weighted by Crippen LogP contribution is 2.27. The van der Waals surface area contributed by atoms with E-state index in [0.717, 1.165) is 15.9 Å². The Morgan fingerprint density at radius 3 is 2.30 bits per heavy atom. The summed E-state index contributed by atoms with van der Waals surface area (Å²) in [4.78, 5) is 11.7. The third kappa shape index (κ3) is 5.91. The van der Waals surface area contributed by atoms with E-state index in [1.807, 2.05) is 39.0 Å². The van der Waals surface area contributed by atoms with Crippen LogP contribution in [0.15, 0.2) is 43.9 Å².